The molecule has 0 spiro atoms. The van der Waals surface area contributed by atoms with E-state index in [4.69, 9.17) is 0 Å². The fourth-order valence-electron chi connectivity index (χ4n) is 6.22. The lowest BCUT2D eigenvalue weighted by Gasteiger charge is -2.38. The molecule has 2 fully saturated rings. The first-order valence-electron chi connectivity index (χ1n) is 12.9. The van der Waals surface area contributed by atoms with Crippen LogP contribution in [-0.2, 0) is 10.2 Å². The van der Waals surface area contributed by atoms with Crippen LogP contribution in [0, 0.1) is 5.92 Å². The zero-order valence-corrected chi connectivity index (χ0v) is 20.8. The summed E-state index contributed by atoms with van der Waals surface area (Å²) in [5, 5.41) is 3.61. The fourth-order valence-corrected chi connectivity index (χ4v) is 7.21. The molecule has 2 heterocycles. The van der Waals surface area contributed by atoms with Gasteiger partial charge in [-0.2, -0.15) is 0 Å². The number of carbonyl (C=O) groups is 1. The van der Waals surface area contributed by atoms with Crippen LogP contribution in [0.15, 0.2) is 60.0 Å². The van der Waals surface area contributed by atoms with Gasteiger partial charge in [0, 0.05) is 10.6 Å². The average molecular weight is 460 g/mol. The van der Waals surface area contributed by atoms with Crippen molar-refractivity contribution in [1.82, 2.24) is 4.90 Å². The van der Waals surface area contributed by atoms with Gasteiger partial charge >= 0.3 is 0 Å². The molecule has 1 aliphatic heterocycles. The lowest BCUT2D eigenvalue weighted by atomic mass is 9.69. The van der Waals surface area contributed by atoms with E-state index in [2.05, 4.69) is 71.8 Å². The summed E-state index contributed by atoms with van der Waals surface area (Å²) in [6.45, 7) is 5.51. The van der Waals surface area contributed by atoms with E-state index < -0.39 is 0 Å². The van der Waals surface area contributed by atoms with E-state index in [1.807, 2.05) is 11.3 Å². The lowest BCUT2D eigenvalue weighted by molar-refractivity contribution is -0.129. The zero-order chi connectivity index (χ0) is 22.7. The Morgan fingerprint density at radius 3 is 2.45 bits per heavy atom. The summed E-state index contributed by atoms with van der Waals surface area (Å²) < 4.78 is 1.48. The maximum absolute atomic E-state index is 13.8. The summed E-state index contributed by atoms with van der Waals surface area (Å²) in [4.78, 5) is 16.4. The minimum absolute atomic E-state index is 0.251. The molecule has 2 nitrogen and oxygen atoms in total. The van der Waals surface area contributed by atoms with Gasteiger partial charge in [0.2, 0.25) is 0 Å². The normalized spacial score (nSPS) is 20.6. The van der Waals surface area contributed by atoms with Crippen LogP contribution >= 0.6 is 11.3 Å². The monoisotopic (exact) mass is 459 g/mol. The van der Waals surface area contributed by atoms with E-state index in [1.54, 1.807) is 5.56 Å². The molecule has 0 bridgehead atoms. The molecule has 0 radical (unpaired) electrons. The number of piperidine rings is 1. The number of carbonyl (C=O) groups excluding carboxylic acids is 1. The molecule has 33 heavy (non-hydrogen) atoms. The highest BCUT2D eigenvalue weighted by Crippen LogP contribution is 2.38. The number of rotatable bonds is 7. The van der Waals surface area contributed by atoms with Gasteiger partial charge in [0.1, 0.15) is 5.78 Å². The van der Waals surface area contributed by atoms with E-state index in [9.17, 15) is 4.79 Å². The first-order chi connectivity index (χ1) is 16.1. The van der Waals surface area contributed by atoms with Crippen LogP contribution in [-0.4, -0.2) is 30.3 Å². The van der Waals surface area contributed by atoms with E-state index in [-0.39, 0.29) is 11.3 Å². The molecule has 2 aliphatic rings. The van der Waals surface area contributed by atoms with Crippen molar-refractivity contribution in [2.24, 2.45) is 5.92 Å². The maximum atomic E-state index is 13.8. The molecule has 0 N–H and O–H groups in total. The van der Waals surface area contributed by atoms with E-state index in [0.29, 0.717) is 11.7 Å². The van der Waals surface area contributed by atoms with Crippen LogP contribution in [0.4, 0.5) is 0 Å². The van der Waals surface area contributed by atoms with Crippen LogP contribution in [0.25, 0.3) is 10.1 Å². The second-order valence-corrected chi connectivity index (χ2v) is 11.4. The van der Waals surface area contributed by atoms with Crippen LogP contribution in [0.2, 0.25) is 0 Å². The second-order valence-electron chi connectivity index (χ2n) is 10.4. The number of ketones is 1. The third-order valence-electron chi connectivity index (χ3n) is 8.40. The molecule has 5 rings (SSSR count). The molecule has 2 aromatic carbocycles. The van der Waals surface area contributed by atoms with Crippen molar-refractivity contribution in [1.29, 1.82) is 0 Å². The van der Waals surface area contributed by atoms with Gasteiger partial charge in [0.25, 0.3) is 0 Å². The van der Waals surface area contributed by atoms with Gasteiger partial charge in [0.05, 0.1) is 5.41 Å². The Balaban J connectivity index is 1.25. The minimum Gasteiger partial charge on any atom is -0.303 e. The van der Waals surface area contributed by atoms with Crippen molar-refractivity contribution < 1.29 is 4.79 Å². The third kappa shape index (κ3) is 4.81. The van der Waals surface area contributed by atoms with Gasteiger partial charge in [-0.15, -0.1) is 11.3 Å². The number of Topliss-reactive ketones (excluding diaryl/α,β-unsaturated/α-hetero) is 1. The average Bonchev–Trinajstić information content (AvgIpc) is 3.37. The molecule has 3 aromatic rings. The molecule has 1 aromatic heterocycles. The lowest BCUT2D eigenvalue weighted by Crippen LogP contribution is -2.42. The van der Waals surface area contributed by atoms with Crippen molar-refractivity contribution in [2.45, 2.75) is 69.6 Å². The zero-order valence-electron chi connectivity index (χ0n) is 20.0. The van der Waals surface area contributed by atoms with Crippen molar-refractivity contribution >= 4 is 27.2 Å². The van der Waals surface area contributed by atoms with Gasteiger partial charge < -0.3 is 4.90 Å². The van der Waals surface area contributed by atoms with Crippen LogP contribution in [0.3, 0.4) is 0 Å². The molecule has 1 atom stereocenters. The highest BCUT2D eigenvalue weighted by molar-refractivity contribution is 7.17. The number of likely N-dealkylation sites (tertiary alicyclic amines) is 1. The summed E-state index contributed by atoms with van der Waals surface area (Å²) in [6, 6.07) is 19.6. The summed E-state index contributed by atoms with van der Waals surface area (Å²) in [5.74, 6) is 1.40. The smallest absolute Gasteiger partial charge is 0.146 e. The first-order valence-corrected chi connectivity index (χ1v) is 13.8. The first kappa shape index (κ1) is 22.8. The molecule has 1 aliphatic carbocycles. The number of hydrogen-bond acceptors (Lipinski definition) is 3. The Hall–Kier alpha value is -1.97. The third-order valence-corrected chi connectivity index (χ3v) is 9.37. The van der Waals surface area contributed by atoms with E-state index in [0.717, 1.165) is 38.9 Å². The largest absolute Gasteiger partial charge is 0.303 e. The topological polar surface area (TPSA) is 20.3 Å². The summed E-state index contributed by atoms with van der Waals surface area (Å²) in [7, 11) is 0. The van der Waals surface area contributed by atoms with E-state index >= 15 is 0 Å². The molecule has 0 amide bonds. The van der Waals surface area contributed by atoms with E-state index in [1.165, 1.54) is 47.8 Å². The van der Waals surface area contributed by atoms with Crippen molar-refractivity contribution in [3.05, 3.63) is 71.1 Å². The molecule has 1 saturated heterocycles. The standard InChI is InChI=1S/C30H37NOS/c1-30(26-12-6-3-7-13-26,29(32)25-9-4-2-5-10-25)18-21-31-19-15-23(16-20-31)27-14-8-11-24-17-22-33-28(24)27/h3,6-8,11-14,17,22-23,25H,2,4-5,9-10,15-16,18-21H2,1H3. The Morgan fingerprint density at radius 2 is 1.70 bits per heavy atom. The van der Waals surface area contributed by atoms with Crippen molar-refractivity contribution in [3.63, 3.8) is 0 Å². The molecule has 1 unspecified atom stereocenters. The Morgan fingerprint density at radius 1 is 0.939 bits per heavy atom. The molecular formula is C30H37NOS. The summed E-state index contributed by atoms with van der Waals surface area (Å²) in [5.41, 5.74) is 2.38. The van der Waals surface area contributed by atoms with Gasteiger partial charge in [-0.05, 0) is 92.5 Å². The van der Waals surface area contributed by atoms with Crippen LogP contribution < -0.4 is 0 Å². The molecule has 174 valence electrons. The summed E-state index contributed by atoms with van der Waals surface area (Å²) >= 11 is 1.89. The molecule has 1 saturated carbocycles. The Labute approximate surface area is 203 Å². The fraction of sp³-hybridized carbons (Fsp3) is 0.500. The SMILES string of the molecule is CC(CCN1CCC(c2cccc3ccsc23)CC1)(C(=O)C1CCCCC1)c1ccccc1. The minimum atomic E-state index is -0.372. The predicted octanol–water partition coefficient (Wildman–Crippen LogP) is 7.58. The van der Waals surface area contributed by atoms with Crippen molar-refractivity contribution in [3.8, 4) is 0 Å². The van der Waals surface area contributed by atoms with Gasteiger partial charge in [-0.1, -0.05) is 67.8 Å². The number of nitrogens with zero attached hydrogens (tertiary/aromatic N) is 1. The number of hydrogen-bond donors (Lipinski definition) is 0. The highest BCUT2D eigenvalue weighted by Gasteiger charge is 2.39. The highest BCUT2D eigenvalue weighted by atomic mass is 32.1. The molecular weight excluding hydrogens is 422 g/mol. The van der Waals surface area contributed by atoms with Gasteiger partial charge in [-0.3, -0.25) is 4.79 Å². The number of fused-ring (bicyclic) bond motifs is 1. The van der Waals surface area contributed by atoms with Crippen molar-refractivity contribution in [2.75, 3.05) is 19.6 Å². The number of benzene rings is 2. The van der Waals surface area contributed by atoms with Gasteiger partial charge in [0.15, 0.2) is 0 Å². The van der Waals surface area contributed by atoms with Crippen LogP contribution in [0.5, 0.6) is 0 Å². The second kappa shape index (κ2) is 10.1. The van der Waals surface area contributed by atoms with Crippen LogP contribution in [0.1, 0.15) is 75.3 Å². The maximum Gasteiger partial charge on any atom is 0.146 e. The Bertz CT molecular complexity index is 1060. The molecule has 3 heteroatoms. The predicted molar refractivity (Wildman–Crippen MR) is 140 cm³/mol. The quantitative estimate of drug-likeness (QED) is 0.363. The summed E-state index contributed by atoms with van der Waals surface area (Å²) in [6.07, 6.45) is 9.25. The Kier molecular flexibility index (Phi) is 6.99. The number of thiophene rings is 1. The van der Waals surface area contributed by atoms with Gasteiger partial charge in [-0.25, -0.2) is 0 Å².